The Morgan fingerprint density at radius 1 is 1.02 bits per heavy atom. The summed E-state index contributed by atoms with van der Waals surface area (Å²) in [6, 6.07) is 19.2. The average Bonchev–Trinajstić information content (AvgIpc) is 2.99. The molecule has 3 aromatic rings. The van der Waals surface area contributed by atoms with Crippen LogP contribution in [0.2, 0.25) is 5.02 Å². The number of carbonyl (C=O) groups is 2. The van der Waals surface area contributed by atoms with Crippen LogP contribution in [0.3, 0.4) is 0 Å². The van der Waals surface area contributed by atoms with E-state index in [1.54, 1.807) is 61.5 Å². The van der Waals surface area contributed by atoms with Crippen LogP contribution >= 0.6 is 23.4 Å². The third-order valence-corrected chi connectivity index (χ3v) is 9.37. The molecule has 0 heterocycles. The van der Waals surface area contributed by atoms with Gasteiger partial charge in [0.1, 0.15) is 18.3 Å². The number of nitrogens with zero attached hydrogens (tertiary/aromatic N) is 2. The van der Waals surface area contributed by atoms with Gasteiger partial charge in [0.2, 0.25) is 11.8 Å². The monoisotopic (exact) mass is 631 g/mol. The van der Waals surface area contributed by atoms with Crippen LogP contribution in [0.25, 0.3) is 0 Å². The molecule has 0 aliphatic rings. The van der Waals surface area contributed by atoms with Crippen molar-refractivity contribution in [1.29, 1.82) is 0 Å². The molecular formula is C31H38ClN3O5S2. The number of thioether (sulfide) groups is 1. The molecule has 0 saturated carbocycles. The number of rotatable bonds is 15. The van der Waals surface area contributed by atoms with E-state index in [1.165, 1.54) is 28.8 Å². The molecule has 0 aromatic heterocycles. The van der Waals surface area contributed by atoms with E-state index in [2.05, 4.69) is 5.32 Å². The maximum Gasteiger partial charge on any atom is 0.264 e. The lowest BCUT2D eigenvalue weighted by Gasteiger charge is -2.32. The lowest BCUT2D eigenvalue weighted by Crippen LogP contribution is -2.51. The van der Waals surface area contributed by atoms with Gasteiger partial charge >= 0.3 is 0 Å². The number of hydrogen-bond acceptors (Lipinski definition) is 6. The summed E-state index contributed by atoms with van der Waals surface area (Å²) in [7, 11) is -4.16. The molecule has 0 unspecified atom stereocenters. The lowest BCUT2D eigenvalue weighted by molar-refractivity contribution is -0.139. The summed E-state index contributed by atoms with van der Waals surface area (Å²) in [5, 5.41) is 3.37. The van der Waals surface area contributed by atoms with Crippen molar-refractivity contribution in [3.8, 4) is 5.75 Å². The molecule has 1 atom stereocenters. The lowest BCUT2D eigenvalue weighted by atomic mass is 10.1. The number of halogens is 1. The molecule has 2 amide bonds. The minimum Gasteiger partial charge on any atom is -0.494 e. The first-order valence-electron chi connectivity index (χ1n) is 13.8. The zero-order valence-electron chi connectivity index (χ0n) is 24.4. The van der Waals surface area contributed by atoms with Gasteiger partial charge in [0.05, 0.1) is 17.2 Å². The van der Waals surface area contributed by atoms with Gasteiger partial charge in [0, 0.05) is 23.0 Å². The van der Waals surface area contributed by atoms with Crippen LogP contribution in [0.1, 0.15) is 39.2 Å². The highest BCUT2D eigenvalue weighted by molar-refractivity contribution is 7.98. The number of benzene rings is 3. The Kier molecular flexibility index (Phi) is 12.6. The Morgan fingerprint density at radius 3 is 2.31 bits per heavy atom. The number of ether oxygens (including phenoxy) is 1. The van der Waals surface area contributed by atoms with Gasteiger partial charge in [-0.3, -0.25) is 13.9 Å². The van der Waals surface area contributed by atoms with Crippen LogP contribution in [0.5, 0.6) is 5.75 Å². The van der Waals surface area contributed by atoms with Gasteiger partial charge in [0.15, 0.2) is 0 Å². The molecule has 42 heavy (non-hydrogen) atoms. The molecule has 0 bridgehead atoms. The van der Waals surface area contributed by atoms with Crippen molar-refractivity contribution >= 4 is 50.9 Å². The van der Waals surface area contributed by atoms with Gasteiger partial charge in [0.25, 0.3) is 10.0 Å². The topological polar surface area (TPSA) is 96.0 Å². The number of nitrogens with one attached hydrogen (secondary N) is 1. The van der Waals surface area contributed by atoms with E-state index in [-0.39, 0.29) is 17.3 Å². The first-order valence-corrected chi connectivity index (χ1v) is 16.9. The van der Waals surface area contributed by atoms with Crippen molar-refractivity contribution in [2.24, 2.45) is 0 Å². The molecule has 226 valence electrons. The number of anilines is 1. The minimum absolute atomic E-state index is 0.0498. The third kappa shape index (κ3) is 8.89. The van der Waals surface area contributed by atoms with Gasteiger partial charge in [-0.25, -0.2) is 8.42 Å². The molecule has 3 rings (SSSR count). The smallest absolute Gasteiger partial charge is 0.264 e. The zero-order chi connectivity index (χ0) is 30.7. The van der Waals surface area contributed by atoms with Gasteiger partial charge in [-0.15, -0.1) is 11.8 Å². The average molecular weight is 632 g/mol. The minimum atomic E-state index is -4.16. The van der Waals surface area contributed by atoms with Gasteiger partial charge in [-0.1, -0.05) is 37.1 Å². The second-order valence-corrected chi connectivity index (χ2v) is 12.8. The van der Waals surface area contributed by atoms with Crippen LogP contribution in [0.15, 0.2) is 82.6 Å². The Morgan fingerprint density at radius 2 is 1.71 bits per heavy atom. The highest BCUT2D eigenvalue weighted by Crippen LogP contribution is 2.28. The van der Waals surface area contributed by atoms with E-state index in [1.807, 2.05) is 26.2 Å². The predicted molar refractivity (Wildman–Crippen MR) is 170 cm³/mol. The summed E-state index contributed by atoms with van der Waals surface area (Å²) < 4.78 is 34.6. The Labute approximate surface area is 258 Å². The van der Waals surface area contributed by atoms with Crippen molar-refractivity contribution in [3.63, 3.8) is 0 Å². The maximum atomic E-state index is 14.0. The van der Waals surface area contributed by atoms with E-state index in [9.17, 15) is 18.0 Å². The number of carbonyl (C=O) groups excluding carboxylic acids is 2. The fourth-order valence-electron chi connectivity index (χ4n) is 4.23. The molecule has 0 radical (unpaired) electrons. The quantitative estimate of drug-likeness (QED) is 0.164. The standard InChI is InChI=1S/C31H38ClN3O5S2/c1-5-7-19-33-31(37)23(3)34(21-24-9-8-10-25(32)20-24)30(36)22-35(26-11-13-27(14-12-26)40-6-2)42(38,39)29-17-15-28(41-4)16-18-29/h8-18,20,23H,5-7,19,21-22H2,1-4H3,(H,33,37)/t23-/m1/s1. The third-order valence-electron chi connectivity index (χ3n) is 6.60. The SMILES string of the molecule is CCCCNC(=O)[C@@H](C)N(Cc1cccc(Cl)c1)C(=O)CN(c1ccc(OCC)cc1)S(=O)(=O)c1ccc(SC)cc1. The van der Waals surface area contributed by atoms with Crippen molar-refractivity contribution in [2.75, 3.05) is 30.3 Å². The summed E-state index contributed by atoms with van der Waals surface area (Å²) in [5.41, 5.74) is 1.01. The number of amides is 2. The second kappa shape index (κ2) is 15.9. The molecule has 1 N–H and O–H groups in total. The predicted octanol–water partition coefficient (Wildman–Crippen LogP) is 5.99. The zero-order valence-corrected chi connectivity index (χ0v) is 26.8. The summed E-state index contributed by atoms with van der Waals surface area (Å²) in [5.74, 6) is -0.275. The first kappa shape index (κ1) is 33.3. The Hall–Kier alpha value is -3.21. The molecule has 11 heteroatoms. The van der Waals surface area contributed by atoms with Crippen LogP contribution in [0, 0.1) is 0 Å². The van der Waals surface area contributed by atoms with E-state index < -0.39 is 28.5 Å². The van der Waals surface area contributed by atoms with Gasteiger partial charge in [-0.2, -0.15) is 0 Å². The van der Waals surface area contributed by atoms with E-state index in [0.29, 0.717) is 35.2 Å². The normalized spacial score (nSPS) is 11.9. The molecule has 0 aliphatic carbocycles. The Balaban J connectivity index is 2.01. The fraction of sp³-hybridized carbons (Fsp3) is 0.355. The molecule has 0 spiro atoms. The van der Waals surface area contributed by atoms with Crippen molar-refractivity contribution in [1.82, 2.24) is 10.2 Å². The van der Waals surface area contributed by atoms with E-state index in [0.717, 1.165) is 22.0 Å². The Bertz CT molecular complexity index is 1430. The van der Waals surface area contributed by atoms with Crippen LogP contribution in [0.4, 0.5) is 5.69 Å². The number of hydrogen-bond donors (Lipinski definition) is 1. The maximum absolute atomic E-state index is 14.0. The van der Waals surface area contributed by atoms with Crippen LogP contribution < -0.4 is 14.4 Å². The summed E-state index contributed by atoms with van der Waals surface area (Å²) >= 11 is 7.70. The summed E-state index contributed by atoms with van der Waals surface area (Å²) in [6.07, 6.45) is 3.62. The van der Waals surface area contributed by atoms with Crippen LogP contribution in [-0.2, 0) is 26.2 Å². The molecule has 0 saturated heterocycles. The summed E-state index contributed by atoms with van der Waals surface area (Å²) in [4.78, 5) is 29.4. The van der Waals surface area contributed by atoms with Crippen molar-refractivity contribution in [2.45, 2.75) is 56.0 Å². The highest BCUT2D eigenvalue weighted by atomic mass is 35.5. The van der Waals surface area contributed by atoms with E-state index in [4.69, 9.17) is 16.3 Å². The first-order chi connectivity index (χ1) is 20.1. The second-order valence-electron chi connectivity index (χ2n) is 9.59. The largest absolute Gasteiger partial charge is 0.494 e. The van der Waals surface area contributed by atoms with Crippen molar-refractivity contribution < 1.29 is 22.7 Å². The molecule has 8 nitrogen and oxygen atoms in total. The number of sulfonamides is 1. The fourth-order valence-corrected chi connectivity index (χ4v) is 6.26. The molecular weight excluding hydrogens is 594 g/mol. The van der Waals surface area contributed by atoms with Crippen molar-refractivity contribution in [3.05, 3.63) is 83.4 Å². The summed E-state index contributed by atoms with van der Waals surface area (Å²) in [6.45, 7) is 6.01. The molecule has 3 aromatic carbocycles. The molecule has 0 fully saturated rings. The van der Waals surface area contributed by atoms with E-state index >= 15 is 0 Å². The van der Waals surface area contributed by atoms with Crippen LogP contribution in [-0.4, -0.2) is 57.1 Å². The van der Waals surface area contributed by atoms with Gasteiger partial charge < -0.3 is 15.0 Å². The highest BCUT2D eigenvalue weighted by Gasteiger charge is 2.32. The van der Waals surface area contributed by atoms with Gasteiger partial charge in [-0.05, 0) is 92.8 Å². The molecule has 0 aliphatic heterocycles. The number of unbranched alkanes of at least 4 members (excludes halogenated alkanes) is 1.